The van der Waals surface area contributed by atoms with Crippen LogP contribution in [-0.4, -0.2) is 19.8 Å². The maximum Gasteiger partial charge on any atom is 0.174 e. The van der Waals surface area contributed by atoms with Crippen molar-refractivity contribution in [2.75, 3.05) is 4.90 Å². The molecule has 3 heterocycles. The van der Waals surface area contributed by atoms with Crippen molar-refractivity contribution in [2.45, 2.75) is 39.8 Å². The second-order valence-electron chi connectivity index (χ2n) is 8.94. The van der Waals surface area contributed by atoms with E-state index in [0.29, 0.717) is 5.11 Å². The highest BCUT2D eigenvalue weighted by molar-refractivity contribution is 7.80. The van der Waals surface area contributed by atoms with Crippen molar-refractivity contribution in [3.63, 3.8) is 0 Å². The number of aromatic nitrogens is 2. The summed E-state index contributed by atoms with van der Waals surface area (Å²) in [5, 5.41) is 14.0. The van der Waals surface area contributed by atoms with E-state index in [4.69, 9.17) is 12.2 Å². The first-order valence-electron chi connectivity index (χ1n) is 11.4. The van der Waals surface area contributed by atoms with Gasteiger partial charge in [-0.3, -0.25) is 4.98 Å². The molecule has 0 saturated carbocycles. The first kappa shape index (κ1) is 22.2. The van der Waals surface area contributed by atoms with Crippen molar-refractivity contribution < 1.29 is 5.11 Å². The zero-order valence-corrected chi connectivity index (χ0v) is 20.6. The fourth-order valence-electron chi connectivity index (χ4n) is 4.91. The van der Waals surface area contributed by atoms with Crippen LogP contribution in [0.4, 0.5) is 5.69 Å². The Morgan fingerprint density at radius 2 is 1.62 bits per heavy atom. The standard InChI is InChI=1S/C28H28N4OS/c1-17-8-9-22(15-18(17)2)32-27(26(30-28(32)34)25-7-5-6-14-29-25)24-16-19(3)31(20(24)4)21-10-12-23(33)13-11-21/h5-16,26-27,33H,1-4H3,(H,30,34)/t26-,27+/m0/s1. The normalized spacial score (nSPS) is 17.8. The van der Waals surface area contributed by atoms with Crippen molar-refractivity contribution in [2.24, 2.45) is 0 Å². The third kappa shape index (κ3) is 3.74. The van der Waals surface area contributed by atoms with E-state index >= 15 is 0 Å². The average Bonchev–Trinajstić information content (AvgIpc) is 3.32. The summed E-state index contributed by atoms with van der Waals surface area (Å²) in [5.41, 5.74) is 8.96. The van der Waals surface area contributed by atoms with Crippen molar-refractivity contribution in [3.8, 4) is 11.4 Å². The number of thiocarbonyl (C=S) groups is 1. The molecule has 5 nitrogen and oxygen atoms in total. The number of phenolic OH excluding ortho intramolecular Hbond substituents is 1. The first-order chi connectivity index (χ1) is 16.3. The highest BCUT2D eigenvalue weighted by atomic mass is 32.1. The van der Waals surface area contributed by atoms with E-state index in [9.17, 15) is 5.11 Å². The number of hydrogen-bond acceptors (Lipinski definition) is 3. The van der Waals surface area contributed by atoms with Gasteiger partial charge in [0, 0.05) is 29.0 Å². The summed E-state index contributed by atoms with van der Waals surface area (Å²) in [6.45, 7) is 8.51. The molecule has 0 aliphatic carbocycles. The van der Waals surface area contributed by atoms with Crippen LogP contribution in [0.1, 0.15) is 45.9 Å². The zero-order chi connectivity index (χ0) is 24.0. The number of hydrogen-bond donors (Lipinski definition) is 2. The Bertz CT molecular complexity index is 1360. The van der Waals surface area contributed by atoms with Crippen molar-refractivity contribution in [1.29, 1.82) is 0 Å². The molecule has 172 valence electrons. The van der Waals surface area contributed by atoms with E-state index in [1.54, 1.807) is 12.1 Å². The topological polar surface area (TPSA) is 53.3 Å². The molecule has 1 aliphatic rings. The Labute approximate surface area is 205 Å². The van der Waals surface area contributed by atoms with Crippen LogP contribution in [0.3, 0.4) is 0 Å². The van der Waals surface area contributed by atoms with Crippen LogP contribution < -0.4 is 10.2 Å². The second kappa shape index (κ2) is 8.61. The summed E-state index contributed by atoms with van der Waals surface area (Å²) in [6.07, 6.45) is 1.83. The molecule has 4 aromatic rings. The minimum Gasteiger partial charge on any atom is -0.508 e. The molecular weight excluding hydrogens is 440 g/mol. The number of nitrogens with one attached hydrogen (secondary N) is 1. The molecule has 2 aromatic heterocycles. The van der Waals surface area contributed by atoms with E-state index in [0.717, 1.165) is 28.5 Å². The van der Waals surface area contributed by atoms with E-state index in [1.165, 1.54) is 16.7 Å². The molecule has 34 heavy (non-hydrogen) atoms. The molecule has 1 saturated heterocycles. The van der Waals surface area contributed by atoms with Crippen molar-refractivity contribution in [1.82, 2.24) is 14.9 Å². The zero-order valence-electron chi connectivity index (χ0n) is 19.8. The van der Waals surface area contributed by atoms with Gasteiger partial charge in [-0.25, -0.2) is 0 Å². The van der Waals surface area contributed by atoms with Gasteiger partial charge in [0.1, 0.15) is 5.75 Å². The largest absolute Gasteiger partial charge is 0.508 e. The minimum absolute atomic E-state index is 0.0680. The van der Waals surface area contributed by atoms with E-state index < -0.39 is 0 Å². The van der Waals surface area contributed by atoms with Gasteiger partial charge in [-0.15, -0.1) is 0 Å². The van der Waals surface area contributed by atoms with E-state index in [1.807, 2.05) is 30.5 Å². The molecule has 0 radical (unpaired) electrons. The molecule has 2 atom stereocenters. The molecule has 0 bridgehead atoms. The van der Waals surface area contributed by atoms with Crippen LogP contribution in [0.15, 0.2) is 72.9 Å². The van der Waals surface area contributed by atoms with Gasteiger partial charge in [0.25, 0.3) is 0 Å². The highest BCUT2D eigenvalue weighted by Crippen LogP contribution is 2.44. The predicted molar refractivity (Wildman–Crippen MR) is 141 cm³/mol. The third-order valence-corrected chi connectivity index (χ3v) is 7.08. The predicted octanol–water partition coefficient (Wildman–Crippen LogP) is 5.99. The third-order valence-electron chi connectivity index (χ3n) is 6.76. The Morgan fingerprint density at radius 3 is 2.29 bits per heavy atom. The molecule has 5 rings (SSSR count). The summed E-state index contributed by atoms with van der Waals surface area (Å²) < 4.78 is 2.23. The number of benzene rings is 2. The van der Waals surface area contributed by atoms with Gasteiger partial charge in [0.05, 0.1) is 17.8 Å². The van der Waals surface area contributed by atoms with E-state index in [2.05, 4.69) is 77.8 Å². The number of nitrogens with zero attached hydrogens (tertiary/aromatic N) is 3. The summed E-state index contributed by atoms with van der Waals surface area (Å²) in [4.78, 5) is 6.90. The summed E-state index contributed by atoms with van der Waals surface area (Å²) in [7, 11) is 0. The van der Waals surface area contributed by atoms with Gasteiger partial charge in [-0.1, -0.05) is 12.1 Å². The molecule has 2 aromatic carbocycles. The number of anilines is 1. The van der Waals surface area contributed by atoms with Crippen molar-refractivity contribution >= 4 is 23.0 Å². The maximum absolute atomic E-state index is 9.77. The maximum atomic E-state index is 9.77. The first-order valence-corrected chi connectivity index (χ1v) is 11.8. The quantitative estimate of drug-likeness (QED) is 0.361. The summed E-state index contributed by atoms with van der Waals surface area (Å²) in [5.74, 6) is 0.257. The molecule has 0 spiro atoms. The van der Waals surface area contributed by atoms with Crippen LogP contribution in [0.5, 0.6) is 5.75 Å². The molecule has 0 amide bonds. The molecule has 1 aliphatic heterocycles. The molecular formula is C28H28N4OS. The summed E-state index contributed by atoms with van der Waals surface area (Å²) in [6, 6.07) is 21.9. The van der Waals surface area contributed by atoms with Crippen LogP contribution in [0, 0.1) is 27.7 Å². The monoisotopic (exact) mass is 468 g/mol. The number of pyridine rings is 1. The lowest BCUT2D eigenvalue weighted by atomic mass is 9.96. The smallest absolute Gasteiger partial charge is 0.174 e. The average molecular weight is 469 g/mol. The van der Waals surface area contributed by atoms with Crippen LogP contribution in [-0.2, 0) is 0 Å². The van der Waals surface area contributed by atoms with Crippen LogP contribution in [0.25, 0.3) is 5.69 Å². The lowest BCUT2D eigenvalue weighted by molar-refractivity contribution is 0.475. The number of aromatic hydroxyl groups is 1. The van der Waals surface area contributed by atoms with E-state index in [-0.39, 0.29) is 17.8 Å². The van der Waals surface area contributed by atoms with Gasteiger partial charge in [-0.05, 0) is 111 Å². The fraction of sp³-hybridized carbons (Fsp3) is 0.214. The minimum atomic E-state index is -0.0934. The Hall–Kier alpha value is -3.64. The van der Waals surface area contributed by atoms with Crippen LogP contribution >= 0.6 is 12.2 Å². The Balaban J connectivity index is 1.68. The number of phenols is 1. The molecule has 6 heteroatoms. The molecule has 2 N–H and O–H groups in total. The van der Waals surface area contributed by atoms with Crippen LogP contribution in [0.2, 0.25) is 0 Å². The van der Waals surface area contributed by atoms with Gasteiger partial charge in [0.15, 0.2) is 5.11 Å². The Morgan fingerprint density at radius 1 is 0.882 bits per heavy atom. The number of rotatable bonds is 4. The van der Waals surface area contributed by atoms with Gasteiger partial charge >= 0.3 is 0 Å². The lowest BCUT2D eigenvalue weighted by Crippen LogP contribution is -2.29. The molecule has 0 unspecified atom stereocenters. The second-order valence-corrected chi connectivity index (χ2v) is 9.33. The van der Waals surface area contributed by atoms with Gasteiger partial charge < -0.3 is 19.9 Å². The van der Waals surface area contributed by atoms with Gasteiger partial charge in [0.2, 0.25) is 0 Å². The van der Waals surface area contributed by atoms with Crippen molar-refractivity contribution in [3.05, 3.63) is 107 Å². The number of aryl methyl sites for hydroxylation is 3. The SMILES string of the molecule is Cc1ccc(N2C(=S)N[C@@H](c3ccccn3)[C@H]2c2cc(C)n(-c3ccc(O)cc3)c2C)cc1C. The lowest BCUT2D eigenvalue weighted by Gasteiger charge is -2.28. The van der Waals surface area contributed by atoms with Gasteiger partial charge in [-0.2, -0.15) is 0 Å². The fourth-order valence-corrected chi connectivity index (χ4v) is 5.26. The highest BCUT2D eigenvalue weighted by Gasteiger charge is 2.42. The Kier molecular flexibility index (Phi) is 5.62. The molecule has 1 fully saturated rings. The summed E-state index contributed by atoms with van der Waals surface area (Å²) >= 11 is 5.90.